The number of aryl methyl sites for hydroxylation is 1. The third-order valence-electron chi connectivity index (χ3n) is 5.94. The van der Waals surface area contributed by atoms with Crippen LogP contribution in [0.2, 0.25) is 0 Å². The fourth-order valence-corrected chi connectivity index (χ4v) is 4.27. The Morgan fingerprint density at radius 3 is 2.87 bits per heavy atom. The minimum Gasteiger partial charge on any atom is -0.477 e. The third kappa shape index (κ3) is 4.80. The number of nitrogens with one attached hydrogen (secondary N) is 3. The number of piperidine rings is 1. The highest BCUT2D eigenvalue weighted by Crippen LogP contribution is 2.38. The van der Waals surface area contributed by atoms with E-state index in [0.717, 1.165) is 30.5 Å². The van der Waals surface area contributed by atoms with Crippen molar-refractivity contribution in [2.75, 3.05) is 25.6 Å². The van der Waals surface area contributed by atoms with Crippen molar-refractivity contribution < 1.29 is 15.7 Å². The molecule has 2 aliphatic rings. The molecule has 31 heavy (non-hydrogen) atoms. The molecule has 2 fully saturated rings. The molecule has 4 rings (SSSR count). The lowest BCUT2D eigenvalue weighted by Crippen LogP contribution is -2.62. The fourth-order valence-electron chi connectivity index (χ4n) is 4.27. The maximum Gasteiger partial charge on any atom is 0.322 e. The fraction of sp³-hybridized carbons (Fsp3) is 0.435. The number of fused-ring (bicyclic) bond motifs is 2. The van der Waals surface area contributed by atoms with Crippen LogP contribution in [0.3, 0.4) is 0 Å². The largest absolute Gasteiger partial charge is 0.477 e. The zero-order valence-electron chi connectivity index (χ0n) is 18.0. The van der Waals surface area contributed by atoms with E-state index in [1.165, 1.54) is 6.42 Å². The molecule has 1 aromatic heterocycles. The summed E-state index contributed by atoms with van der Waals surface area (Å²) in [5, 5.41) is 11.4. The van der Waals surface area contributed by atoms with Crippen molar-refractivity contribution in [3.05, 3.63) is 47.2 Å². The topological polar surface area (TPSA) is 103 Å². The molecule has 3 N–H and O–H groups in total. The molecule has 2 aliphatic heterocycles. The highest BCUT2D eigenvalue weighted by molar-refractivity contribution is 6.05. The second kappa shape index (κ2) is 9.34. The van der Waals surface area contributed by atoms with Gasteiger partial charge in [0.2, 0.25) is 0 Å². The van der Waals surface area contributed by atoms with Gasteiger partial charge in [0.05, 0.1) is 18.5 Å². The van der Waals surface area contributed by atoms with Gasteiger partial charge in [0, 0.05) is 37.9 Å². The molecule has 166 valence electrons. The first-order valence-corrected chi connectivity index (χ1v) is 10.7. The van der Waals surface area contributed by atoms with Crippen LogP contribution in [0.1, 0.15) is 43.9 Å². The molecule has 2 unspecified atom stereocenters. The summed E-state index contributed by atoms with van der Waals surface area (Å²) in [6.45, 7) is 2.90. The SMILES string of the molecule is COCCOc1ccc(C=NC(=N)c2cc(NC(=O)N3C4CCCC3C4)ccc2C)[nH]1.[HH]. The predicted molar refractivity (Wildman–Crippen MR) is 123 cm³/mol. The van der Waals surface area contributed by atoms with Crippen molar-refractivity contribution in [3.63, 3.8) is 0 Å². The van der Waals surface area contributed by atoms with Crippen molar-refractivity contribution in [2.45, 2.75) is 44.7 Å². The van der Waals surface area contributed by atoms with E-state index in [9.17, 15) is 4.79 Å². The quantitative estimate of drug-likeness (QED) is 0.352. The highest BCUT2D eigenvalue weighted by Gasteiger charge is 2.44. The molecule has 0 aliphatic carbocycles. The number of hydrogen-bond donors (Lipinski definition) is 3. The zero-order valence-corrected chi connectivity index (χ0v) is 18.0. The predicted octanol–water partition coefficient (Wildman–Crippen LogP) is 4.20. The van der Waals surface area contributed by atoms with Crippen LogP contribution in [0.5, 0.6) is 5.88 Å². The van der Waals surface area contributed by atoms with Gasteiger partial charge in [0.25, 0.3) is 0 Å². The number of aromatic nitrogens is 1. The van der Waals surface area contributed by atoms with Crippen molar-refractivity contribution in [3.8, 4) is 5.88 Å². The number of benzene rings is 1. The average Bonchev–Trinajstić information content (AvgIpc) is 3.21. The Labute approximate surface area is 183 Å². The van der Waals surface area contributed by atoms with Crippen LogP contribution < -0.4 is 10.1 Å². The molecule has 2 saturated heterocycles. The Balaban J connectivity index is 0.00000289. The lowest BCUT2D eigenvalue weighted by atomic mass is 9.80. The number of ether oxygens (including phenoxy) is 2. The van der Waals surface area contributed by atoms with Crippen molar-refractivity contribution >= 4 is 23.8 Å². The Kier molecular flexibility index (Phi) is 6.36. The van der Waals surface area contributed by atoms with Crippen molar-refractivity contribution in [1.29, 1.82) is 5.41 Å². The van der Waals surface area contributed by atoms with Crippen LogP contribution in [0.15, 0.2) is 35.3 Å². The Bertz CT molecular complexity index is 976. The van der Waals surface area contributed by atoms with Gasteiger partial charge in [-0.2, -0.15) is 0 Å². The van der Waals surface area contributed by atoms with E-state index in [1.54, 1.807) is 13.3 Å². The summed E-state index contributed by atoms with van der Waals surface area (Å²) in [7, 11) is 1.63. The summed E-state index contributed by atoms with van der Waals surface area (Å²) < 4.78 is 10.5. The molecule has 0 spiro atoms. The van der Waals surface area contributed by atoms with E-state index < -0.39 is 0 Å². The number of methoxy groups -OCH3 is 1. The van der Waals surface area contributed by atoms with E-state index in [4.69, 9.17) is 14.9 Å². The van der Waals surface area contributed by atoms with E-state index in [1.807, 2.05) is 42.2 Å². The summed E-state index contributed by atoms with van der Waals surface area (Å²) in [5.74, 6) is 0.757. The minimum absolute atomic E-state index is 0. The van der Waals surface area contributed by atoms with Gasteiger partial charge in [-0.3, -0.25) is 5.41 Å². The number of rotatable bonds is 7. The molecule has 2 amide bonds. The molecule has 8 nitrogen and oxygen atoms in total. The molecular weight excluding hydrogens is 394 g/mol. The maximum atomic E-state index is 12.7. The standard InChI is InChI=1S/C23H29N5O3.H2/c1-15-6-7-16(27-23(29)28-18-4-3-5-19(28)13-18)12-20(15)22(24)25-14-17-8-9-21(26-17)31-11-10-30-2;/h6-9,12,14,18-19,24,26H,3-5,10-11,13H2,1-2H3,(H,27,29);1H. The zero-order chi connectivity index (χ0) is 21.8. The lowest BCUT2D eigenvalue weighted by Gasteiger charge is -2.52. The van der Waals surface area contributed by atoms with Crippen molar-refractivity contribution in [2.24, 2.45) is 4.99 Å². The van der Waals surface area contributed by atoms with Crippen molar-refractivity contribution in [1.82, 2.24) is 9.88 Å². The van der Waals surface area contributed by atoms with Crippen LogP contribution in [0, 0.1) is 12.3 Å². The summed E-state index contributed by atoms with van der Waals surface area (Å²) >= 11 is 0. The van der Waals surface area contributed by atoms with E-state index in [2.05, 4.69) is 15.3 Å². The number of hydrogen-bond acceptors (Lipinski definition) is 4. The summed E-state index contributed by atoms with van der Waals surface area (Å²) in [5.41, 5.74) is 3.03. The number of H-pyrrole nitrogens is 1. The number of amides is 2. The third-order valence-corrected chi connectivity index (χ3v) is 5.94. The molecule has 2 atom stereocenters. The summed E-state index contributed by atoms with van der Waals surface area (Å²) in [4.78, 5) is 22.0. The normalized spacial score (nSPS) is 19.9. The van der Waals surface area contributed by atoms with Gasteiger partial charge in [-0.05, 0) is 56.4 Å². The van der Waals surface area contributed by atoms with E-state index in [0.29, 0.717) is 42.4 Å². The molecule has 1 aromatic carbocycles. The molecule has 2 aromatic rings. The monoisotopic (exact) mass is 425 g/mol. The van der Waals surface area contributed by atoms with Gasteiger partial charge in [0.15, 0.2) is 11.7 Å². The number of carbonyl (C=O) groups is 1. The highest BCUT2D eigenvalue weighted by atomic mass is 16.5. The molecule has 0 radical (unpaired) electrons. The summed E-state index contributed by atoms with van der Waals surface area (Å²) in [6.07, 6.45) is 6.13. The van der Waals surface area contributed by atoms with Crippen LogP contribution in [-0.4, -0.2) is 60.4 Å². The molecule has 0 saturated carbocycles. The Hall–Kier alpha value is -3.13. The van der Waals surface area contributed by atoms with Gasteiger partial charge in [-0.1, -0.05) is 6.07 Å². The number of urea groups is 1. The molecule has 8 heteroatoms. The number of aromatic amines is 1. The smallest absolute Gasteiger partial charge is 0.322 e. The van der Waals surface area contributed by atoms with Gasteiger partial charge in [0.1, 0.15) is 6.61 Å². The number of aliphatic imine (C=N–C) groups is 1. The number of anilines is 1. The van der Waals surface area contributed by atoms with E-state index >= 15 is 0 Å². The first-order valence-electron chi connectivity index (χ1n) is 10.7. The Morgan fingerprint density at radius 2 is 2.13 bits per heavy atom. The van der Waals surface area contributed by atoms with Gasteiger partial charge in [-0.25, -0.2) is 9.79 Å². The minimum atomic E-state index is -0.0434. The number of carbonyl (C=O) groups excluding carboxylic acids is 1. The van der Waals surface area contributed by atoms with Crippen LogP contribution >= 0.6 is 0 Å². The number of nitrogens with zero attached hydrogens (tertiary/aromatic N) is 2. The maximum absolute atomic E-state index is 12.7. The molecule has 2 bridgehead atoms. The summed E-state index contributed by atoms with van der Waals surface area (Å²) in [6, 6.07) is 9.97. The van der Waals surface area contributed by atoms with Gasteiger partial charge >= 0.3 is 6.03 Å². The second-order valence-electron chi connectivity index (χ2n) is 8.07. The van der Waals surface area contributed by atoms with Gasteiger partial charge in [-0.15, -0.1) is 0 Å². The van der Waals surface area contributed by atoms with Crippen LogP contribution in [-0.2, 0) is 4.74 Å². The van der Waals surface area contributed by atoms with Crippen LogP contribution in [0.4, 0.5) is 10.5 Å². The molecule has 3 heterocycles. The van der Waals surface area contributed by atoms with Crippen LogP contribution in [0.25, 0.3) is 0 Å². The first-order chi connectivity index (χ1) is 15.0. The van der Waals surface area contributed by atoms with Gasteiger partial charge < -0.3 is 24.7 Å². The average molecular weight is 426 g/mol. The second-order valence-corrected chi connectivity index (χ2v) is 8.07. The molecular formula is C23H31N5O3. The lowest BCUT2D eigenvalue weighted by molar-refractivity contribution is 0.0173. The first kappa shape index (κ1) is 21.1. The van der Waals surface area contributed by atoms with E-state index in [-0.39, 0.29) is 13.3 Å². The number of amidine groups is 1. The Morgan fingerprint density at radius 1 is 1.32 bits per heavy atom.